The van der Waals surface area contributed by atoms with E-state index in [1.54, 1.807) is 32.4 Å². The van der Waals surface area contributed by atoms with Crippen LogP contribution in [0.1, 0.15) is 35.7 Å². The van der Waals surface area contributed by atoms with Crippen LogP contribution in [0.3, 0.4) is 0 Å². The van der Waals surface area contributed by atoms with Crippen molar-refractivity contribution in [2.45, 2.75) is 44.1 Å². The Labute approximate surface area is 232 Å². The molecule has 2 atom stereocenters. The number of aryl methyl sites for hydroxylation is 1. The number of alkyl halides is 3. The lowest BCUT2D eigenvalue weighted by molar-refractivity contribution is -0.195. The number of urea groups is 1. The lowest BCUT2D eigenvalue weighted by atomic mass is 9.95. The molecule has 1 aliphatic carbocycles. The number of amides is 4. The molecule has 3 N–H and O–H groups in total. The quantitative estimate of drug-likeness (QED) is 0.264. The van der Waals surface area contributed by atoms with Crippen molar-refractivity contribution in [3.8, 4) is 5.75 Å². The van der Waals surface area contributed by atoms with Crippen molar-refractivity contribution in [3.05, 3.63) is 64.9 Å². The van der Waals surface area contributed by atoms with Crippen LogP contribution >= 0.6 is 0 Å². The van der Waals surface area contributed by atoms with Gasteiger partial charge in [0.05, 0.1) is 17.8 Å². The van der Waals surface area contributed by atoms with Crippen LogP contribution in [0.25, 0.3) is 5.57 Å². The molecule has 10 nitrogen and oxygen atoms in total. The molecule has 2 aromatic rings. The molecule has 0 unspecified atom stereocenters. The monoisotopic (exact) mass is 576 g/mol. The zero-order chi connectivity index (χ0) is 29.9. The van der Waals surface area contributed by atoms with Gasteiger partial charge in [0.25, 0.3) is 0 Å². The topological polar surface area (TPSA) is 128 Å². The van der Waals surface area contributed by atoms with E-state index in [-0.39, 0.29) is 17.7 Å². The Morgan fingerprint density at radius 3 is 2.71 bits per heavy atom. The number of aromatic nitrogens is 1. The van der Waals surface area contributed by atoms with Crippen molar-refractivity contribution in [2.75, 3.05) is 20.2 Å². The van der Waals surface area contributed by atoms with Gasteiger partial charge in [0, 0.05) is 36.8 Å². The summed E-state index contributed by atoms with van der Waals surface area (Å²) in [6.45, 7) is -0.844. The van der Waals surface area contributed by atoms with Gasteiger partial charge < -0.3 is 25.7 Å². The number of hydrogen-bond acceptors (Lipinski definition) is 7. The molecule has 0 fully saturated rings. The van der Waals surface area contributed by atoms with Crippen LogP contribution < -0.4 is 15.4 Å². The van der Waals surface area contributed by atoms with Crippen molar-refractivity contribution in [3.63, 3.8) is 0 Å². The smallest absolute Gasteiger partial charge is 0.412 e. The zero-order valence-electron chi connectivity index (χ0n) is 22.2. The number of halogens is 4. The van der Waals surface area contributed by atoms with E-state index in [4.69, 9.17) is 10.1 Å². The van der Waals surface area contributed by atoms with Crippen molar-refractivity contribution in [1.29, 1.82) is 5.41 Å². The van der Waals surface area contributed by atoms with E-state index in [2.05, 4.69) is 15.6 Å². The Hall–Kier alpha value is -4.49. The van der Waals surface area contributed by atoms with Gasteiger partial charge in [0.15, 0.2) is 6.04 Å². The number of imide groups is 1. The Balaban J connectivity index is 1.52. The van der Waals surface area contributed by atoms with Gasteiger partial charge in [0.1, 0.15) is 24.7 Å². The molecule has 0 saturated heterocycles. The number of rotatable bonds is 7. The summed E-state index contributed by atoms with van der Waals surface area (Å²) in [5, 5.41) is 13.1. The summed E-state index contributed by atoms with van der Waals surface area (Å²) in [4.78, 5) is 43.4. The normalized spacial score (nSPS) is 20.2. The SMILES string of the molecule is CN/C=C(\C=N)c1cc2c(cn1)[C@@](C)(NC(=O)N(C=O)CC(=O)N1Cc3cc(F)ccc3OC[C@H]1C(F)(F)F)CC2. The molecule has 14 heteroatoms. The predicted octanol–water partition coefficient (Wildman–Crippen LogP) is 3.11. The molecule has 1 aromatic heterocycles. The highest BCUT2D eigenvalue weighted by molar-refractivity contribution is 6.07. The summed E-state index contributed by atoms with van der Waals surface area (Å²) in [6.07, 6.45) is 0.471. The highest BCUT2D eigenvalue weighted by atomic mass is 19.4. The molecule has 1 aliphatic heterocycles. The van der Waals surface area contributed by atoms with Crippen LogP contribution in [-0.2, 0) is 28.1 Å². The van der Waals surface area contributed by atoms with Gasteiger partial charge in [0.2, 0.25) is 12.3 Å². The molecule has 4 rings (SSSR count). The number of allylic oxidation sites excluding steroid dienone is 1. The first-order valence-corrected chi connectivity index (χ1v) is 12.6. The minimum Gasteiger partial charge on any atom is -0.491 e. The fraction of sp³-hybridized carbons (Fsp3) is 0.370. The van der Waals surface area contributed by atoms with Gasteiger partial charge in [-0.3, -0.25) is 19.5 Å². The Kier molecular flexibility index (Phi) is 8.31. The molecule has 0 bridgehead atoms. The molecule has 218 valence electrons. The van der Waals surface area contributed by atoms with Crippen LogP contribution in [0, 0.1) is 11.2 Å². The minimum atomic E-state index is -4.89. The third-order valence-electron chi connectivity index (χ3n) is 7.14. The van der Waals surface area contributed by atoms with Gasteiger partial charge in [-0.25, -0.2) is 9.18 Å². The van der Waals surface area contributed by atoms with Crippen LogP contribution in [0.5, 0.6) is 5.75 Å². The van der Waals surface area contributed by atoms with Crippen molar-refractivity contribution in [1.82, 2.24) is 25.4 Å². The second-order valence-electron chi connectivity index (χ2n) is 9.90. The number of nitrogens with one attached hydrogen (secondary N) is 3. The Morgan fingerprint density at radius 2 is 2.05 bits per heavy atom. The number of benzene rings is 1. The lowest BCUT2D eigenvalue weighted by Gasteiger charge is -2.33. The standard InChI is InChI=1S/C27H28F4N6O4/c1-26(6-5-16-8-21(34-11-20(16)26)18(9-32)10-33-2)35-25(40)36(15-38)13-24(39)37-12-17-7-19(28)3-4-22(17)41-14-23(37)27(29,30)31/h3-4,7-11,15,23,32-33H,5-6,12-14H2,1-2H3,(H,35,40)/b18-10+,32-9?/t23-,26-/m0/s1. The van der Waals surface area contributed by atoms with Crippen molar-refractivity contribution in [2.24, 2.45) is 0 Å². The molecule has 0 saturated carbocycles. The summed E-state index contributed by atoms with van der Waals surface area (Å²) in [5.41, 5.74) is 1.65. The fourth-order valence-electron chi connectivity index (χ4n) is 4.95. The molecule has 4 amide bonds. The van der Waals surface area contributed by atoms with Crippen LogP contribution in [0.2, 0.25) is 0 Å². The number of fused-ring (bicyclic) bond motifs is 2. The summed E-state index contributed by atoms with van der Waals surface area (Å²) in [5.74, 6) is -1.90. The van der Waals surface area contributed by atoms with E-state index in [1.165, 1.54) is 6.07 Å². The zero-order valence-corrected chi connectivity index (χ0v) is 22.2. The van der Waals surface area contributed by atoms with Crippen LogP contribution in [0.4, 0.5) is 22.4 Å². The summed E-state index contributed by atoms with van der Waals surface area (Å²) >= 11 is 0. The largest absolute Gasteiger partial charge is 0.491 e. The number of pyridine rings is 1. The number of nitrogens with zero attached hydrogens (tertiary/aromatic N) is 3. The van der Waals surface area contributed by atoms with Gasteiger partial charge >= 0.3 is 12.2 Å². The Bertz CT molecular complexity index is 1400. The third kappa shape index (κ3) is 6.15. The van der Waals surface area contributed by atoms with Crippen LogP contribution in [0.15, 0.2) is 36.7 Å². The summed E-state index contributed by atoms with van der Waals surface area (Å²) in [6, 6.07) is 1.60. The van der Waals surface area contributed by atoms with Crippen molar-refractivity contribution < 1.29 is 36.7 Å². The highest BCUT2D eigenvalue weighted by Gasteiger charge is 2.48. The van der Waals surface area contributed by atoms with Gasteiger partial charge in [-0.15, -0.1) is 0 Å². The fourth-order valence-corrected chi connectivity index (χ4v) is 4.95. The maximum absolute atomic E-state index is 13.9. The number of carbonyl (C=O) groups is 3. The maximum atomic E-state index is 13.9. The molecule has 2 heterocycles. The number of ether oxygens (including phenoxy) is 1. The second kappa shape index (κ2) is 11.6. The molecule has 41 heavy (non-hydrogen) atoms. The molecule has 0 spiro atoms. The maximum Gasteiger partial charge on any atom is 0.412 e. The summed E-state index contributed by atoms with van der Waals surface area (Å²) in [7, 11) is 1.69. The third-order valence-corrected chi connectivity index (χ3v) is 7.14. The molecule has 1 aromatic carbocycles. The average Bonchev–Trinajstić information content (AvgIpc) is 3.11. The van der Waals surface area contributed by atoms with E-state index in [1.807, 2.05) is 0 Å². The van der Waals surface area contributed by atoms with E-state index < -0.39 is 55.2 Å². The van der Waals surface area contributed by atoms with E-state index >= 15 is 0 Å². The predicted molar refractivity (Wildman–Crippen MR) is 139 cm³/mol. The molecular formula is C27H28F4N6O4. The first kappa shape index (κ1) is 29.5. The lowest BCUT2D eigenvalue weighted by Crippen LogP contribution is -2.55. The van der Waals surface area contributed by atoms with Crippen molar-refractivity contribution >= 4 is 30.1 Å². The highest BCUT2D eigenvalue weighted by Crippen LogP contribution is 2.37. The number of carbonyl (C=O) groups excluding carboxylic acids is 3. The Morgan fingerprint density at radius 1 is 1.29 bits per heavy atom. The first-order chi connectivity index (χ1) is 19.4. The average molecular weight is 577 g/mol. The van der Waals surface area contributed by atoms with Gasteiger partial charge in [-0.2, -0.15) is 13.2 Å². The van der Waals surface area contributed by atoms with Gasteiger partial charge in [-0.05, 0) is 55.2 Å². The second-order valence-corrected chi connectivity index (χ2v) is 9.90. The molecular weight excluding hydrogens is 548 g/mol. The minimum absolute atomic E-state index is 0.000267. The van der Waals surface area contributed by atoms with Gasteiger partial charge in [-0.1, -0.05) is 0 Å². The summed E-state index contributed by atoms with van der Waals surface area (Å²) < 4.78 is 60.7. The first-order valence-electron chi connectivity index (χ1n) is 12.6. The van der Waals surface area contributed by atoms with E-state index in [0.29, 0.717) is 39.5 Å². The van der Waals surface area contributed by atoms with Crippen LogP contribution in [-0.4, -0.2) is 71.8 Å². The van der Waals surface area contributed by atoms with E-state index in [0.717, 1.165) is 23.9 Å². The van der Waals surface area contributed by atoms with E-state index in [9.17, 15) is 31.9 Å². The number of hydrogen-bond donors (Lipinski definition) is 3. The molecule has 2 aliphatic rings. The molecule has 0 radical (unpaired) electrons.